The molecule has 7 nitrogen and oxygen atoms in total. The van der Waals surface area contributed by atoms with E-state index < -0.39 is 0 Å². The predicted octanol–water partition coefficient (Wildman–Crippen LogP) is 1.86. The van der Waals surface area contributed by atoms with Crippen molar-refractivity contribution in [2.75, 3.05) is 17.2 Å². The van der Waals surface area contributed by atoms with Gasteiger partial charge in [-0.25, -0.2) is 4.98 Å². The SMILES string of the molecule is Cn1cnc2cc(NCC(=O)Nc3ccc(C#N)cc3)ccc2c1=O. The number of aryl methyl sites for hydroxylation is 1. The number of anilines is 2. The van der Waals surface area contributed by atoms with Crippen molar-refractivity contribution < 1.29 is 4.79 Å². The Morgan fingerprint density at radius 1 is 1.20 bits per heavy atom. The number of benzene rings is 2. The lowest BCUT2D eigenvalue weighted by Crippen LogP contribution is -2.22. The molecule has 7 heteroatoms. The fraction of sp³-hybridized carbons (Fsp3) is 0.111. The summed E-state index contributed by atoms with van der Waals surface area (Å²) in [6, 6.07) is 13.8. The molecule has 0 fully saturated rings. The second kappa shape index (κ2) is 6.84. The van der Waals surface area contributed by atoms with Gasteiger partial charge < -0.3 is 15.2 Å². The largest absolute Gasteiger partial charge is 0.376 e. The summed E-state index contributed by atoms with van der Waals surface area (Å²) < 4.78 is 1.42. The number of carbonyl (C=O) groups excluding carboxylic acids is 1. The summed E-state index contributed by atoms with van der Waals surface area (Å²) in [6.45, 7) is 0.0658. The molecular weight excluding hydrogens is 318 g/mol. The van der Waals surface area contributed by atoms with Crippen LogP contribution >= 0.6 is 0 Å². The number of fused-ring (bicyclic) bond motifs is 1. The van der Waals surface area contributed by atoms with Crippen LogP contribution in [0.15, 0.2) is 53.6 Å². The van der Waals surface area contributed by atoms with Gasteiger partial charge in [-0.1, -0.05) is 0 Å². The molecule has 0 spiro atoms. The topological polar surface area (TPSA) is 99.8 Å². The highest BCUT2D eigenvalue weighted by molar-refractivity contribution is 5.94. The number of carbonyl (C=O) groups is 1. The third-order valence-electron chi connectivity index (χ3n) is 3.67. The molecule has 2 N–H and O–H groups in total. The van der Waals surface area contributed by atoms with E-state index in [-0.39, 0.29) is 18.0 Å². The molecule has 0 aliphatic heterocycles. The highest BCUT2D eigenvalue weighted by atomic mass is 16.2. The summed E-state index contributed by atoms with van der Waals surface area (Å²) in [5.41, 5.74) is 2.30. The van der Waals surface area contributed by atoms with Gasteiger partial charge in [-0.3, -0.25) is 9.59 Å². The van der Waals surface area contributed by atoms with Crippen molar-refractivity contribution in [2.24, 2.45) is 7.05 Å². The average molecular weight is 333 g/mol. The molecule has 1 aromatic heterocycles. The van der Waals surface area contributed by atoms with Gasteiger partial charge in [0.15, 0.2) is 0 Å². The predicted molar refractivity (Wildman–Crippen MR) is 95.3 cm³/mol. The van der Waals surface area contributed by atoms with Crippen LogP contribution in [0.25, 0.3) is 10.9 Å². The zero-order valence-corrected chi connectivity index (χ0v) is 13.5. The highest BCUT2D eigenvalue weighted by Gasteiger charge is 2.05. The summed E-state index contributed by atoms with van der Waals surface area (Å²) in [7, 11) is 1.65. The summed E-state index contributed by atoms with van der Waals surface area (Å²) in [5, 5.41) is 15.0. The lowest BCUT2D eigenvalue weighted by Gasteiger charge is -2.09. The number of rotatable bonds is 4. The highest BCUT2D eigenvalue weighted by Crippen LogP contribution is 2.14. The first-order valence-electron chi connectivity index (χ1n) is 7.56. The first kappa shape index (κ1) is 16.2. The summed E-state index contributed by atoms with van der Waals surface area (Å²) >= 11 is 0. The van der Waals surface area contributed by atoms with E-state index in [0.717, 1.165) is 0 Å². The van der Waals surface area contributed by atoms with Gasteiger partial charge in [0, 0.05) is 18.4 Å². The summed E-state index contributed by atoms with van der Waals surface area (Å²) in [4.78, 5) is 28.2. The lowest BCUT2D eigenvalue weighted by molar-refractivity contribution is -0.114. The molecule has 25 heavy (non-hydrogen) atoms. The van der Waals surface area contributed by atoms with Gasteiger partial charge in [0.25, 0.3) is 5.56 Å². The van der Waals surface area contributed by atoms with Gasteiger partial charge in [0.2, 0.25) is 5.91 Å². The molecule has 0 saturated heterocycles. The molecule has 1 heterocycles. The normalized spacial score (nSPS) is 10.2. The van der Waals surface area contributed by atoms with E-state index in [1.807, 2.05) is 6.07 Å². The lowest BCUT2D eigenvalue weighted by atomic mass is 10.2. The molecular formula is C18H15N5O2. The Labute approximate surface area is 143 Å². The van der Waals surface area contributed by atoms with Crippen LogP contribution in [0.4, 0.5) is 11.4 Å². The maximum Gasteiger partial charge on any atom is 0.260 e. The summed E-state index contributed by atoms with van der Waals surface area (Å²) in [6.07, 6.45) is 1.46. The second-order valence-electron chi connectivity index (χ2n) is 5.48. The zero-order chi connectivity index (χ0) is 17.8. The van der Waals surface area contributed by atoms with E-state index in [1.54, 1.807) is 49.5 Å². The zero-order valence-electron chi connectivity index (χ0n) is 13.5. The first-order valence-corrected chi connectivity index (χ1v) is 7.56. The second-order valence-corrected chi connectivity index (χ2v) is 5.48. The minimum absolute atomic E-state index is 0.0658. The maximum atomic E-state index is 12.0. The van der Waals surface area contributed by atoms with E-state index in [2.05, 4.69) is 15.6 Å². The number of hydrogen-bond donors (Lipinski definition) is 2. The molecule has 3 aromatic rings. The molecule has 0 aliphatic rings. The Morgan fingerprint density at radius 3 is 2.64 bits per heavy atom. The minimum atomic E-state index is -0.221. The smallest absolute Gasteiger partial charge is 0.260 e. The van der Waals surface area contributed by atoms with E-state index in [1.165, 1.54) is 10.9 Å². The van der Waals surface area contributed by atoms with Crippen molar-refractivity contribution in [1.29, 1.82) is 5.26 Å². The van der Waals surface area contributed by atoms with Gasteiger partial charge in [-0.2, -0.15) is 5.26 Å². The van der Waals surface area contributed by atoms with E-state index in [4.69, 9.17) is 5.26 Å². The molecule has 3 rings (SSSR count). The molecule has 1 amide bonds. The fourth-order valence-electron chi connectivity index (χ4n) is 2.34. The maximum absolute atomic E-state index is 12.0. The van der Waals surface area contributed by atoms with Crippen LogP contribution in [0.5, 0.6) is 0 Å². The minimum Gasteiger partial charge on any atom is -0.376 e. The molecule has 0 bridgehead atoms. The van der Waals surface area contributed by atoms with Crippen LogP contribution in [-0.2, 0) is 11.8 Å². The number of nitrogens with one attached hydrogen (secondary N) is 2. The Balaban J connectivity index is 1.65. The molecule has 2 aromatic carbocycles. The van der Waals surface area contributed by atoms with Crippen molar-refractivity contribution in [1.82, 2.24) is 9.55 Å². The number of nitrogens with zero attached hydrogens (tertiary/aromatic N) is 3. The number of hydrogen-bond acceptors (Lipinski definition) is 5. The molecule has 0 atom stereocenters. The molecule has 0 saturated carbocycles. The van der Waals surface area contributed by atoms with Crippen molar-refractivity contribution in [3.63, 3.8) is 0 Å². The van der Waals surface area contributed by atoms with Crippen LogP contribution in [0.3, 0.4) is 0 Å². The molecule has 0 unspecified atom stereocenters. The van der Waals surface area contributed by atoms with Crippen molar-refractivity contribution in [2.45, 2.75) is 0 Å². The Kier molecular flexibility index (Phi) is 4.44. The Morgan fingerprint density at radius 2 is 1.92 bits per heavy atom. The van der Waals surface area contributed by atoms with Crippen molar-refractivity contribution >= 4 is 28.2 Å². The molecule has 124 valence electrons. The van der Waals surface area contributed by atoms with E-state index in [0.29, 0.717) is 27.8 Å². The van der Waals surface area contributed by atoms with E-state index in [9.17, 15) is 9.59 Å². The van der Waals surface area contributed by atoms with Crippen molar-refractivity contribution in [3.8, 4) is 6.07 Å². The Bertz CT molecular complexity index is 1030. The van der Waals surface area contributed by atoms with Crippen LogP contribution < -0.4 is 16.2 Å². The van der Waals surface area contributed by atoms with Crippen LogP contribution in [0.1, 0.15) is 5.56 Å². The third-order valence-corrected chi connectivity index (χ3v) is 3.67. The number of aromatic nitrogens is 2. The average Bonchev–Trinajstić information content (AvgIpc) is 2.64. The van der Waals surface area contributed by atoms with Gasteiger partial charge in [0.05, 0.1) is 35.4 Å². The third kappa shape index (κ3) is 3.64. The molecule has 0 aliphatic carbocycles. The quantitative estimate of drug-likeness (QED) is 0.759. The Hall–Kier alpha value is -3.66. The van der Waals surface area contributed by atoms with Gasteiger partial charge in [-0.15, -0.1) is 0 Å². The summed E-state index contributed by atoms with van der Waals surface area (Å²) in [5.74, 6) is -0.221. The van der Waals surface area contributed by atoms with E-state index >= 15 is 0 Å². The number of nitriles is 1. The first-order chi connectivity index (χ1) is 12.1. The fourth-order valence-corrected chi connectivity index (χ4v) is 2.34. The molecule has 0 radical (unpaired) electrons. The van der Waals surface area contributed by atoms with Crippen LogP contribution in [-0.4, -0.2) is 22.0 Å². The van der Waals surface area contributed by atoms with Gasteiger partial charge >= 0.3 is 0 Å². The van der Waals surface area contributed by atoms with Gasteiger partial charge in [-0.05, 0) is 42.5 Å². The van der Waals surface area contributed by atoms with Crippen LogP contribution in [0.2, 0.25) is 0 Å². The number of amides is 1. The standard InChI is InChI=1S/C18H15N5O2/c1-23-11-21-16-8-14(6-7-15(16)18(23)25)20-10-17(24)22-13-4-2-12(9-19)3-5-13/h2-8,11,20H,10H2,1H3,(H,22,24). The van der Waals surface area contributed by atoms with Gasteiger partial charge in [0.1, 0.15) is 0 Å². The monoisotopic (exact) mass is 333 g/mol. The van der Waals surface area contributed by atoms with Crippen LogP contribution in [0, 0.1) is 11.3 Å². The van der Waals surface area contributed by atoms with Crippen molar-refractivity contribution in [3.05, 3.63) is 64.7 Å².